The molecule has 30 heavy (non-hydrogen) atoms. The van der Waals surface area contributed by atoms with Gasteiger partial charge >= 0.3 is 11.7 Å². The van der Waals surface area contributed by atoms with E-state index in [1.807, 2.05) is 26.8 Å². The molecule has 3 rings (SSSR count). The molecule has 0 aliphatic carbocycles. The number of para-hydroxylation sites is 2. The Hall–Kier alpha value is -3.01. The van der Waals surface area contributed by atoms with Crippen LogP contribution in [0.2, 0.25) is 0 Å². The van der Waals surface area contributed by atoms with Crippen molar-refractivity contribution in [1.29, 1.82) is 0 Å². The number of hydrogen-bond donors (Lipinski definition) is 2. The highest BCUT2D eigenvalue weighted by atomic mass is 16.3. The number of tetrazole rings is 1. The van der Waals surface area contributed by atoms with Crippen LogP contribution in [0, 0.1) is 5.41 Å². The first-order chi connectivity index (χ1) is 13.9. The van der Waals surface area contributed by atoms with Crippen molar-refractivity contribution in [2.45, 2.75) is 59.2 Å². The van der Waals surface area contributed by atoms with Gasteiger partial charge in [0.1, 0.15) is 0 Å². The second-order valence-electron chi connectivity index (χ2n) is 9.23. The second-order valence-corrected chi connectivity index (χ2v) is 9.23. The Balaban J connectivity index is 2.03. The Morgan fingerprint density at radius 2 is 1.80 bits per heavy atom. The summed E-state index contributed by atoms with van der Waals surface area (Å²) in [5.74, 6) is 0.495. The van der Waals surface area contributed by atoms with Gasteiger partial charge in [0.2, 0.25) is 0 Å². The smallest absolute Gasteiger partial charge is 0.337 e. The van der Waals surface area contributed by atoms with E-state index in [0.717, 1.165) is 4.57 Å². The van der Waals surface area contributed by atoms with Gasteiger partial charge in [-0.15, -0.1) is 5.10 Å². The van der Waals surface area contributed by atoms with E-state index in [2.05, 4.69) is 20.8 Å². The number of rotatable bonds is 5. The molecule has 0 fully saturated rings. The molecule has 10 nitrogen and oxygen atoms in total. The average Bonchev–Trinajstić information content (AvgIpc) is 3.16. The quantitative estimate of drug-likeness (QED) is 0.656. The Kier molecular flexibility index (Phi) is 5.55. The van der Waals surface area contributed by atoms with Crippen molar-refractivity contribution < 1.29 is 9.90 Å². The molecule has 2 heterocycles. The Morgan fingerprint density at radius 1 is 1.17 bits per heavy atom. The number of aryl methyl sites for hydroxylation is 2. The third-order valence-corrected chi connectivity index (χ3v) is 5.03. The molecule has 0 unspecified atom stereocenters. The number of nitrogens with zero attached hydrogens (tertiary/aromatic N) is 6. The molecule has 0 aliphatic rings. The normalized spacial score (nSPS) is 13.6. The minimum Gasteiger partial charge on any atom is -0.390 e. The predicted molar refractivity (Wildman–Crippen MR) is 112 cm³/mol. The number of hydrogen-bond acceptors (Lipinski definition) is 6. The predicted octanol–water partition coefficient (Wildman–Crippen LogP) is 1.83. The molecule has 0 saturated heterocycles. The lowest BCUT2D eigenvalue weighted by atomic mass is 9.86. The minimum atomic E-state index is -0.930. The molecule has 1 amide bonds. The Morgan fingerprint density at radius 3 is 2.33 bits per heavy atom. The number of carbonyl (C=O) groups is 1. The summed E-state index contributed by atoms with van der Waals surface area (Å²) in [6.07, 6.45) is 0.373. The number of imidazole rings is 1. The SMILES string of the molecule is Cn1nnnc1[C@@H](NC(=O)n1c(=O)n(CCC(C)(C)O)c2ccccc21)C(C)(C)C. The summed E-state index contributed by atoms with van der Waals surface area (Å²) >= 11 is 0. The van der Waals surface area contributed by atoms with Crippen LogP contribution in [0.5, 0.6) is 0 Å². The van der Waals surface area contributed by atoms with Crippen molar-refractivity contribution in [2.24, 2.45) is 12.5 Å². The highest BCUT2D eigenvalue weighted by Gasteiger charge is 2.33. The summed E-state index contributed by atoms with van der Waals surface area (Å²) in [6, 6.07) is 6.04. The van der Waals surface area contributed by atoms with Crippen LogP contribution < -0.4 is 11.0 Å². The van der Waals surface area contributed by atoms with Crippen molar-refractivity contribution in [3.63, 3.8) is 0 Å². The van der Waals surface area contributed by atoms with Crippen LogP contribution in [0.3, 0.4) is 0 Å². The van der Waals surface area contributed by atoms with E-state index in [0.29, 0.717) is 29.8 Å². The topological polar surface area (TPSA) is 120 Å². The van der Waals surface area contributed by atoms with Gasteiger partial charge in [-0.25, -0.2) is 18.8 Å². The van der Waals surface area contributed by atoms with Crippen LogP contribution in [0.4, 0.5) is 4.79 Å². The van der Waals surface area contributed by atoms with Gasteiger partial charge in [-0.2, -0.15) is 0 Å². The highest BCUT2D eigenvalue weighted by molar-refractivity contribution is 5.89. The third-order valence-electron chi connectivity index (χ3n) is 5.03. The lowest BCUT2D eigenvalue weighted by Gasteiger charge is -2.29. The zero-order chi connectivity index (χ0) is 22.3. The van der Waals surface area contributed by atoms with Crippen LogP contribution in [-0.2, 0) is 13.6 Å². The summed E-state index contributed by atoms with van der Waals surface area (Å²) in [7, 11) is 1.70. The summed E-state index contributed by atoms with van der Waals surface area (Å²) in [5.41, 5.74) is -0.655. The number of benzene rings is 1. The van der Waals surface area contributed by atoms with Crippen LogP contribution in [0.1, 0.15) is 52.9 Å². The Labute approximate surface area is 174 Å². The van der Waals surface area contributed by atoms with Gasteiger partial charge in [-0.3, -0.25) is 4.57 Å². The first kappa shape index (κ1) is 21.7. The highest BCUT2D eigenvalue weighted by Crippen LogP contribution is 2.31. The summed E-state index contributed by atoms with van der Waals surface area (Å²) in [6.45, 7) is 9.55. The molecule has 0 spiro atoms. The minimum absolute atomic E-state index is 0.291. The van der Waals surface area contributed by atoms with Gasteiger partial charge in [0, 0.05) is 13.6 Å². The maximum absolute atomic E-state index is 13.3. The van der Waals surface area contributed by atoms with Crippen molar-refractivity contribution in [3.05, 3.63) is 40.6 Å². The van der Waals surface area contributed by atoms with Crippen molar-refractivity contribution in [1.82, 2.24) is 34.7 Å². The molecule has 2 N–H and O–H groups in total. The fourth-order valence-electron chi connectivity index (χ4n) is 3.34. The number of carbonyl (C=O) groups excluding carboxylic acids is 1. The molecule has 1 atom stereocenters. The first-order valence-corrected chi connectivity index (χ1v) is 9.86. The summed E-state index contributed by atoms with van der Waals surface area (Å²) in [4.78, 5) is 26.4. The van der Waals surface area contributed by atoms with E-state index in [-0.39, 0.29) is 0 Å². The van der Waals surface area contributed by atoms with Crippen LogP contribution in [0.25, 0.3) is 11.0 Å². The van der Waals surface area contributed by atoms with Gasteiger partial charge in [0.05, 0.1) is 22.7 Å². The fourth-order valence-corrected chi connectivity index (χ4v) is 3.34. The molecular weight excluding hydrogens is 386 g/mol. The van der Waals surface area contributed by atoms with Gasteiger partial charge in [0.15, 0.2) is 5.82 Å². The number of aliphatic hydroxyl groups is 1. The maximum Gasteiger partial charge on any atom is 0.337 e. The van der Waals surface area contributed by atoms with Gasteiger partial charge in [0.25, 0.3) is 0 Å². The van der Waals surface area contributed by atoms with Gasteiger partial charge < -0.3 is 10.4 Å². The molecule has 0 saturated carbocycles. The standard InChI is InChI=1S/C20H29N7O3/c1-19(2,3)15(16-22-23-24-25(16)6)21-17(28)27-14-10-8-7-9-13(14)26(18(27)29)12-11-20(4,5)30/h7-10,15,30H,11-12H2,1-6H3,(H,21,28)/t15-/m1/s1. The largest absolute Gasteiger partial charge is 0.390 e. The lowest BCUT2D eigenvalue weighted by molar-refractivity contribution is 0.0662. The van der Waals surface area contributed by atoms with E-state index in [4.69, 9.17) is 0 Å². The monoisotopic (exact) mass is 415 g/mol. The molecule has 2 aromatic heterocycles. The second kappa shape index (κ2) is 7.67. The van der Waals surface area contributed by atoms with E-state index in [1.165, 1.54) is 9.25 Å². The molecule has 10 heteroatoms. The molecule has 3 aromatic rings. The van der Waals surface area contributed by atoms with Crippen molar-refractivity contribution >= 4 is 17.1 Å². The zero-order valence-electron chi connectivity index (χ0n) is 18.2. The first-order valence-electron chi connectivity index (χ1n) is 9.86. The zero-order valence-corrected chi connectivity index (χ0v) is 18.2. The van der Waals surface area contributed by atoms with E-state index < -0.39 is 28.8 Å². The third kappa shape index (κ3) is 4.28. The lowest BCUT2D eigenvalue weighted by Crippen LogP contribution is -2.43. The van der Waals surface area contributed by atoms with E-state index in [9.17, 15) is 14.7 Å². The number of nitrogens with one attached hydrogen (secondary N) is 1. The molecule has 0 radical (unpaired) electrons. The van der Waals surface area contributed by atoms with Crippen molar-refractivity contribution in [3.8, 4) is 0 Å². The van der Waals surface area contributed by atoms with Crippen LogP contribution >= 0.6 is 0 Å². The molecule has 0 bridgehead atoms. The molecular formula is C20H29N7O3. The van der Waals surface area contributed by atoms with Crippen molar-refractivity contribution in [2.75, 3.05) is 0 Å². The number of fused-ring (bicyclic) bond motifs is 1. The van der Waals surface area contributed by atoms with Crippen LogP contribution in [0.15, 0.2) is 29.1 Å². The van der Waals surface area contributed by atoms with E-state index in [1.54, 1.807) is 39.1 Å². The number of aromatic nitrogens is 6. The molecule has 162 valence electrons. The summed E-state index contributed by atoms with van der Waals surface area (Å²) < 4.78 is 4.15. The summed E-state index contributed by atoms with van der Waals surface area (Å²) in [5, 5.41) is 24.6. The van der Waals surface area contributed by atoms with Gasteiger partial charge in [-0.05, 0) is 48.2 Å². The van der Waals surface area contributed by atoms with E-state index >= 15 is 0 Å². The molecule has 0 aliphatic heterocycles. The van der Waals surface area contributed by atoms with Crippen LogP contribution in [-0.4, -0.2) is 46.1 Å². The molecule has 1 aromatic carbocycles. The maximum atomic E-state index is 13.3. The average molecular weight is 415 g/mol. The van der Waals surface area contributed by atoms with Gasteiger partial charge in [-0.1, -0.05) is 32.9 Å². The Bertz CT molecular complexity index is 1110. The fraction of sp³-hybridized carbons (Fsp3) is 0.550. The number of amides is 1.